The van der Waals surface area contributed by atoms with E-state index in [-0.39, 0.29) is 0 Å². The number of aliphatic imine (C=N–C) groups is 1. The van der Waals surface area contributed by atoms with Gasteiger partial charge >= 0.3 is 0 Å². The van der Waals surface area contributed by atoms with Crippen LogP contribution in [0.5, 0.6) is 0 Å². The molecule has 2 fully saturated rings. The van der Waals surface area contributed by atoms with Gasteiger partial charge in [-0.15, -0.1) is 0 Å². The Kier molecular flexibility index (Phi) is 5.37. The Bertz CT molecular complexity index is 511. The fourth-order valence-corrected chi connectivity index (χ4v) is 3.17. The molecule has 1 heterocycles. The standard InChI is InChI=1S/C17H24BrN3O/c1-2-19-17(20-11-14-4-3-9-22-14)21-16-10-15(16)12-5-7-13(18)8-6-12/h5-8,14-16H,2-4,9-11H2,1H3,(H2,19,20,21). The summed E-state index contributed by atoms with van der Waals surface area (Å²) in [7, 11) is 0. The second-order valence-corrected chi connectivity index (χ2v) is 6.91. The quantitative estimate of drug-likeness (QED) is 0.622. The van der Waals surface area contributed by atoms with Crippen molar-refractivity contribution in [2.45, 2.75) is 44.2 Å². The van der Waals surface area contributed by atoms with E-state index in [1.165, 1.54) is 18.4 Å². The number of nitrogens with zero attached hydrogens (tertiary/aromatic N) is 1. The highest BCUT2D eigenvalue weighted by molar-refractivity contribution is 9.10. The van der Waals surface area contributed by atoms with Gasteiger partial charge in [0.15, 0.2) is 5.96 Å². The highest BCUT2D eigenvalue weighted by Gasteiger charge is 2.38. The number of hydrogen-bond donors (Lipinski definition) is 2. The molecule has 1 aliphatic carbocycles. The molecule has 1 aromatic rings. The molecule has 2 N–H and O–H groups in total. The van der Waals surface area contributed by atoms with Crippen LogP contribution in [0.1, 0.15) is 37.7 Å². The minimum absolute atomic E-state index is 0.303. The first-order chi connectivity index (χ1) is 10.8. The van der Waals surface area contributed by atoms with Crippen molar-refractivity contribution in [2.24, 2.45) is 4.99 Å². The van der Waals surface area contributed by atoms with Crippen molar-refractivity contribution >= 4 is 21.9 Å². The summed E-state index contributed by atoms with van der Waals surface area (Å²) < 4.78 is 6.77. The first-order valence-electron chi connectivity index (χ1n) is 8.18. The Hall–Kier alpha value is -1.07. The number of halogens is 1. The monoisotopic (exact) mass is 365 g/mol. The fourth-order valence-electron chi connectivity index (χ4n) is 2.91. The van der Waals surface area contributed by atoms with E-state index in [4.69, 9.17) is 4.74 Å². The largest absolute Gasteiger partial charge is 0.376 e. The van der Waals surface area contributed by atoms with Crippen molar-refractivity contribution in [1.29, 1.82) is 0 Å². The van der Waals surface area contributed by atoms with Crippen LogP contribution in [0.2, 0.25) is 0 Å². The van der Waals surface area contributed by atoms with Gasteiger partial charge in [-0.05, 0) is 43.9 Å². The zero-order chi connectivity index (χ0) is 15.4. The molecule has 0 bridgehead atoms. The van der Waals surface area contributed by atoms with Crippen molar-refractivity contribution < 1.29 is 4.74 Å². The Morgan fingerprint density at radius 3 is 2.86 bits per heavy atom. The van der Waals surface area contributed by atoms with Crippen LogP contribution in [0.15, 0.2) is 33.7 Å². The van der Waals surface area contributed by atoms with Gasteiger partial charge in [0.25, 0.3) is 0 Å². The lowest BCUT2D eigenvalue weighted by atomic mass is 10.1. The third-order valence-corrected chi connectivity index (χ3v) is 4.76. The maximum atomic E-state index is 5.64. The van der Waals surface area contributed by atoms with E-state index in [0.29, 0.717) is 18.1 Å². The molecule has 0 amide bonds. The summed E-state index contributed by atoms with van der Waals surface area (Å²) >= 11 is 3.49. The average molecular weight is 366 g/mol. The lowest BCUT2D eigenvalue weighted by molar-refractivity contribution is 0.117. The third-order valence-electron chi connectivity index (χ3n) is 4.23. The van der Waals surface area contributed by atoms with E-state index >= 15 is 0 Å². The highest BCUT2D eigenvalue weighted by atomic mass is 79.9. The van der Waals surface area contributed by atoms with Crippen molar-refractivity contribution in [1.82, 2.24) is 10.6 Å². The zero-order valence-electron chi connectivity index (χ0n) is 13.0. The molecule has 2 aliphatic rings. The Labute approximate surface area is 140 Å². The lowest BCUT2D eigenvalue weighted by Gasteiger charge is -2.13. The van der Waals surface area contributed by atoms with Crippen molar-refractivity contribution in [2.75, 3.05) is 19.7 Å². The molecule has 1 aliphatic heterocycles. The smallest absolute Gasteiger partial charge is 0.191 e. The molecule has 0 radical (unpaired) electrons. The molecule has 4 nitrogen and oxygen atoms in total. The molecule has 3 atom stereocenters. The lowest BCUT2D eigenvalue weighted by Crippen LogP contribution is -2.39. The summed E-state index contributed by atoms with van der Waals surface area (Å²) in [4.78, 5) is 4.68. The van der Waals surface area contributed by atoms with Gasteiger partial charge in [0.05, 0.1) is 12.6 Å². The number of rotatable bonds is 5. The number of benzene rings is 1. The van der Waals surface area contributed by atoms with E-state index in [2.05, 4.69) is 62.7 Å². The van der Waals surface area contributed by atoms with Gasteiger partial charge in [-0.25, -0.2) is 0 Å². The second kappa shape index (κ2) is 7.47. The molecule has 0 spiro atoms. The summed E-state index contributed by atoms with van der Waals surface area (Å²) in [6, 6.07) is 9.12. The predicted molar refractivity (Wildman–Crippen MR) is 93.4 cm³/mol. The van der Waals surface area contributed by atoms with Crippen LogP contribution in [0.25, 0.3) is 0 Å². The maximum absolute atomic E-state index is 5.64. The van der Waals surface area contributed by atoms with Gasteiger partial charge in [0.2, 0.25) is 0 Å². The first kappa shape index (κ1) is 15.8. The second-order valence-electron chi connectivity index (χ2n) is 6.00. The number of hydrogen-bond acceptors (Lipinski definition) is 2. The minimum atomic E-state index is 0.303. The fraction of sp³-hybridized carbons (Fsp3) is 0.588. The van der Waals surface area contributed by atoms with Gasteiger partial charge in [-0.3, -0.25) is 4.99 Å². The van der Waals surface area contributed by atoms with Crippen LogP contribution in [0.3, 0.4) is 0 Å². The molecule has 1 saturated heterocycles. The van der Waals surface area contributed by atoms with Gasteiger partial charge in [0.1, 0.15) is 0 Å². The topological polar surface area (TPSA) is 45.7 Å². The first-order valence-corrected chi connectivity index (χ1v) is 8.97. The van der Waals surface area contributed by atoms with Gasteiger partial charge in [-0.2, -0.15) is 0 Å². The van der Waals surface area contributed by atoms with E-state index in [1.54, 1.807) is 0 Å². The summed E-state index contributed by atoms with van der Waals surface area (Å²) in [5.74, 6) is 1.52. The molecule has 3 rings (SSSR count). The molecule has 5 heteroatoms. The summed E-state index contributed by atoms with van der Waals surface area (Å²) in [5, 5.41) is 6.89. The maximum Gasteiger partial charge on any atom is 0.191 e. The molecule has 3 unspecified atom stereocenters. The summed E-state index contributed by atoms with van der Waals surface area (Å²) in [5.41, 5.74) is 1.40. The van der Waals surface area contributed by atoms with E-state index < -0.39 is 0 Å². The Balaban J connectivity index is 1.53. The van der Waals surface area contributed by atoms with Crippen molar-refractivity contribution in [3.05, 3.63) is 34.3 Å². The molecule has 1 aromatic carbocycles. The Morgan fingerprint density at radius 1 is 1.36 bits per heavy atom. The molecule has 0 aromatic heterocycles. The third kappa shape index (κ3) is 4.23. The molecule has 1 saturated carbocycles. The number of ether oxygens (including phenoxy) is 1. The normalized spacial score (nSPS) is 27.7. The van der Waals surface area contributed by atoms with Crippen LogP contribution in [-0.4, -0.2) is 37.8 Å². The number of nitrogens with one attached hydrogen (secondary N) is 2. The van der Waals surface area contributed by atoms with Crippen molar-refractivity contribution in [3.8, 4) is 0 Å². The van der Waals surface area contributed by atoms with Gasteiger partial charge < -0.3 is 15.4 Å². The zero-order valence-corrected chi connectivity index (χ0v) is 14.6. The Morgan fingerprint density at radius 2 is 2.18 bits per heavy atom. The van der Waals surface area contributed by atoms with Gasteiger partial charge in [-0.1, -0.05) is 28.1 Å². The minimum Gasteiger partial charge on any atom is -0.376 e. The summed E-state index contributed by atoms with van der Waals surface area (Å²) in [6.45, 7) is 4.62. The van der Waals surface area contributed by atoms with Crippen LogP contribution in [0.4, 0.5) is 0 Å². The van der Waals surface area contributed by atoms with Crippen molar-refractivity contribution in [3.63, 3.8) is 0 Å². The molecular formula is C17H24BrN3O. The van der Waals surface area contributed by atoms with Crippen LogP contribution >= 0.6 is 15.9 Å². The van der Waals surface area contributed by atoms with Crippen LogP contribution in [-0.2, 0) is 4.74 Å². The average Bonchev–Trinajstić information content (AvgIpc) is 3.08. The predicted octanol–water partition coefficient (Wildman–Crippen LogP) is 3.04. The number of guanidine groups is 1. The van der Waals surface area contributed by atoms with E-state index in [9.17, 15) is 0 Å². The van der Waals surface area contributed by atoms with E-state index in [0.717, 1.165) is 36.5 Å². The molecule has 22 heavy (non-hydrogen) atoms. The van der Waals surface area contributed by atoms with Gasteiger partial charge in [0, 0.05) is 29.6 Å². The van der Waals surface area contributed by atoms with E-state index in [1.807, 2.05) is 0 Å². The van der Waals surface area contributed by atoms with Crippen LogP contribution in [0, 0.1) is 0 Å². The van der Waals surface area contributed by atoms with Crippen LogP contribution < -0.4 is 10.6 Å². The highest BCUT2D eigenvalue weighted by Crippen LogP contribution is 2.40. The molecule has 120 valence electrons. The SMILES string of the molecule is CCNC(=NCC1CCCO1)NC1CC1c1ccc(Br)cc1. The summed E-state index contributed by atoms with van der Waals surface area (Å²) in [6.07, 6.45) is 3.77. The molecular weight excluding hydrogens is 342 g/mol.